The van der Waals surface area contributed by atoms with Gasteiger partial charge in [-0.1, -0.05) is 36.4 Å². The summed E-state index contributed by atoms with van der Waals surface area (Å²) >= 11 is 0.784. The van der Waals surface area contributed by atoms with Gasteiger partial charge in [0.15, 0.2) is 23.0 Å². The third-order valence-electron chi connectivity index (χ3n) is 5.23. The molecule has 0 radical (unpaired) electrons. The Morgan fingerprint density at radius 2 is 1.49 bits per heavy atom. The van der Waals surface area contributed by atoms with Gasteiger partial charge in [0.25, 0.3) is 11.1 Å². The van der Waals surface area contributed by atoms with Crippen LogP contribution < -0.4 is 18.4 Å². The molecule has 0 spiro atoms. The number of hydrogen-bond acceptors (Lipinski definition) is 9. The lowest BCUT2D eigenvalue weighted by atomic mass is 10.2. The Bertz CT molecular complexity index is 1440. The fourth-order valence-corrected chi connectivity index (χ4v) is 5.25. The van der Waals surface area contributed by atoms with E-state index < -0.39 is 21.3 Å². The van der Waals surface area contributed by atoms with E-state index in [2.05, 4.69) is 0 Å². The summed E-state index contributed by atoms with van der Waals surface area (Å²) in [7, 11) is -1.21. The SMILES string of the molecule is COc1ccccc1OCCN1C(=O)S/C(=C\c2ccc(OC)c(OS(=O)(=O)c3ccccc3)c2)C1=O. The van der Waals surface area contributed by atoms with Crippen LogP contribution in [0.4, 0.5) is 4.79 Å². The second kappa shape index (κ2) is 11.4. The zero-order valence-corrected chi connectivity index (χ0v) is 21.6. The number of hydrogen-bond donors (Lipinski definition) is 0. The number of carbonyl (C=O) groups is 2. The molecule has 0 atom stereocenters. The Labute approximate surface area is 218 Å². The highest BCUT2D eigenvalue weighted by atomic mass is 32.2. The van der Waals surface area contributed by atoms with Gasteiger partial charge in [-0.3, -0.25) is 14.5 Å². The number of rotatable bonds is 10. The smallest absolute Gasteiger partial charge is 0.339 e. The highest BCUT2D eigenvalue weighted by Crippen LogP contribution is 2.35. The van der Waals surface area contributed by atoms with E-state index in [9.17, 15) is 18.0 Å². The van der Waals surface area contributed by atoms with E-state index >= 15 is 0 Å². The standard InChI is InChI=1S/C26H23NO8S2/c1-32-20-10-6-7-11-22(20)34-15-14-27-25(28)24(36-26(27)29)17-18-12-13-21(33-2)23(16-18)35-37(30,31)19-8-4-3-5-9-19/h3-13,16-17H,14-15H2,1-2H3/b24-17-. The lowest BCUT2D eigenvalue weighted by Gasteiger charge is -2.14. The van der Waals surface area contributed by atoms with E-state index in [1.165, 1.54) is 44.6 Å². The van der Waals surface area contributed by atoms with Gasteiger partial charge >= 0.3 is 10.1 Å². The Morgan fingerprint density at radius 1 is 0.838 bits per heavy atom. The molecule has 0 unspecified atom stereocenters. The summed E-state index contributed by atoms with van der Waals surface area (Å²) < 4.78 is 46.8. The van der Waals surface area contributed by atoms with E-state index in [0.29, 0.717) is 17.1 Å². The van der Waals surface area contributed by atoms with Crippen LogP contribution in [-0.4, -0.2) is 51.8 Å². The van der Waals surface area contributed by atoms with Crippen molar-refractivity contribution in [1.82, 2.24) is 4.90 Å². The number of benzene rings is 3. The minimum absolute atomic E-state index is 0.0149. The van der Waals surface area contributed by atoms with Crippen LogP contribution in [0.5, 0.6) is 23.0 Å². The van der Waals surface area contributed by atoms with Gasteiger partial charge in [-0.25, -0.2) is 0 Å². The van der Waals surface area contributed by atoms with Gasteiger partial charge in [0.1, 0.15) is 11.5 Å². The predicted octanol–water partition coefficient (Wildman–Crippen LogP) is 4.59. The molecule has 192 valence electrons. The van der Waals surface area contributed by atoms with Gasteiger partial charge in [0, 0.05) is 0 Å². The van der Waals surface area contributed by atoms with Crippen LogP contribution in [0.1, 0.15) is 5.56 Å². The Hall–Kier alpha value is -3.96. The van der Waals surface area contributed by atoms with E-state index in [4.69, 9.17) is 18.4 Å². The maximum absolute atomic E-state index is 12.9. The quantitative estimate of drug-likeness (QED) is 0.269. The lowest BCUT2D eigenvalue weighted by molar-refractivity contribution is -0.123. The summed E-state index contributed by atoms with van der Waals surface area (Å²) in [4.78, 5) is 26.6. The average molecular weight is 542 g/mol. The number of amides is 2. The molecule has 4 rings (SSSR count). The van der Waals surface area contributed by atoms with Crippen molar-refractivity contribution in [3.63, 3.8) is 0 Å². The molecule has 37 heavy (non-hydrogen) atoms. The van der Waals surface area contributed by atoms with Gasteiger partial charge in [0.05, 0.1) is 25.7 Å². The minimum atomic E-state index is -4.11. The molecular weight excluding hydrogens is 518 g/mol. The molecule has 2 amide bonds. The highest BCUT2D eigenvalue weighted by Gasteiger charge is 2.35. The van der Waals surface area contributed by atoms with E-state index in [1.807, 2.05) is 0 Å². The number of thioether (sulfide) groups is 1. The molecule has 0 aliphatic carbocycles. The molecule has 11 heteroatoms. The Morgan fingerprint density at radius 3 is 2.19 bits per heavy atom. The van der Waals surface area contributed by atoms with Crippen LogP contribution >= 0.6 is 11.8 Å². The van der Waals surface area contributed by atoms with Crippen molar-refractivity contribution in [2.24, 2.45) is 0 Å². The first-order chi connectivity index (χ1) is 17.8. The number of nitrogens with zero attached hydrogens (tertiary/aromatic N) is 1. The number of carbonyl (C=O) groups excluding carboxylic acids is 2. The average Bonchev–Trinajstić information content (AvgIpc) is 3.16. The van der Waals surface area contributed by atoms with Crippen LogP contribution in [0, 0.1) is 0 Å². The third kappa shape index (κ3) is 6.07. The predicted molar refractivity (Wildman–Crippen MR) is 138 cm³/mol. The maximum Gasteiger partial charge on any atom is 0.339 e. The zero-order chi connectivity index (χ0) is 26.4. The number of para-hydroxylation sites is 2. The third-order valence-corrected chi connectivity index (χ3v) is 7.39. The lowest BCUT2D eigenvalue weighted by Crippen LogP contribution is -2.32. The monoisotopic (exact) mass is 541 g/mol. The van der Waals surface area contributed by atoms with Crippen molar-refractivity contribution in [1.29, 1.82) is 0 Å². The molecule has 0 bridgehead atoms. The van der Waals surface area contributed by atoms with E-state index in [-0.39, 0.29) is 34.5 Å². The fraction of sp³-hybridized carbons (Fsp3) is 0.154. The van der Waals surface area contributed by atoms with Crippen LogP contribution in [-0.2, 0) is 14.9 Å². The summed E-state index contributed by atoms with van der Waals surface area (Å²) in [6.45, 7) is 0.135. The minimum Gasteiger partial charge on any atom is -0.493 e. The van der Waals surface area contributed by atoms with Gasteiger partial charge in [0.2, 0.25) is 0 Å². The second-order valence-corrected chi connectivity index (χ2v) is 10.1. The summed E-state index contributed by atoms with van der Waals surface area (Å²) in [5.74, 6) is 0.712. The molecule has 1 aliphatic heterocycles. The van der Waals surface area contributed by atoms with Crippen molar-refractivity contribution < 1.29 is 36.4 Å². The van der Waals surface area contributed by atoms with Crippen molar-refractivity contribution in [3.05, 3.63) is 83.3 Å². The molecule has 1 fully saturated rings. The fourth-order valence-electron chi connectivity index (χ4n) is 3.43. The Balaban J connectivity index is 1.49. The van der Waals surface area contributed by atoms with Crippen LogP contribution in [0.2, 0.25) is 0 Å². The zero-order valence-electron chi connectivity index (χ0n) is 19.9. The largest absolute Gasteiger partial charge is 0.493 e. The van der Waals surface area contributed by atoms with Gasteiger partial charge in [-0.2, -0.15) is 8.42 Å². The molecule has 0 saturated carbocycles. The van der Waals surface area contributed by atoms with Gasteiger partial charge in [-0.05, 0) is 59.8 Å². The first-order valence-corrected chi connectivity index (χ1v) is 13.2. The first-order valence-electron chi connectivity index (χ1n) is 11.0. The second-order valence-electron chi connectivity index (χ2n) is 7.59. The van der Waals surface area contributed by atoms with Gasteiger partial charge < -0.3 is 18.4 Å². The van der Waals surface area contributed by atoms with Crippen LogP contribution in [0.3, 0.4) is 0 Å². The highest BCUT2D eigenvalue weighted by molar-refractivity contribution is 8.18. The summed E-state index contributed by atoms with van der Waals surface area (Å²) in [6.07, 6.45) is 1.49. The summed E-state index contributed by atoms with van der Waals surface area (Å²) in [5, 5.41) is -0.434. The van der Waals surface area contributed by atoms with E-state index in [0.717, 1.165) is 16.7 Å². The van der Waals surface area contributed by atoms with Crippen molar-refractivity contribution in [3.8, 4) is 23.0 Å². The molecule has 1 aliphatic rings. The van der Waals surface area contributed by atoms with Crippen LogP contribution in [0.25, 0.3) is 6.08 Å². The molecule has 0 aromatic heterocycles. The molecule has 1 saturated heterocycles. The van der Waals surface area contributed by atoms with Crippen molar-refractivity contribution in [2.45, 2.75) is 4.90 Å². The number of imide groups is 1. The number of methoxy groups -OCH3 is 2. The molecule has 3 aromatic rings. The van der Waals surface area contributed by atoms with Crippen LogP contribution in [0.15, 0.2) is 82.6 Å². The summed E-state index contributed by atoms with van der Waals surface area (Å²) in [5.41, 5.74) is 0.454. The normalized spacial score (nSPS) is 14.6. The maximum atomic E-state index is 12.9. The molecular formula is C26H23NO8S2. The van der Waals surface area contributed by atoms with E-state index in [1.54, 1.807) is 48.5 Å². The molecule has 1 heterocycles. The molecule has 9 nitrogen and oxygen atoms in total. The topological polar surface area (TPSA) is 108 Å². The summed E-state index contributed by atoms with van der Waals surface area (Å²) in [6, 6.07) is 19.3. The number of ether oxygens (including phenoxy) is 3. The van der Waals surface area contributed by atoms with Crippen molar-refractivity contribution >= 4 is 39.1 Å². The first kappa shape index (κ1) is 26.1. The molecule has 0 N–H and O–H groups in total. The van der Waals surface area contributed by atoms with Crippen molar-refractivity contribution in [2.75, 3.05) is 27.4 Å². The molecule has 3 aromatic carbocycles. The Kier molecular flexibility index (Phi) is 8.04. The van der Waals surface area contributed by atoms with Gasteiger partial charge in [-0.15, -0.1) is 0 Å².